The number of nitrogens with zero attached hydrogens (tertiary/aromatic N) is 3. The summed E-state index contributed by atoms with van der Waals surface area (Å²) in [6, 6.07) is 0. The zero-order valence-electron chi connectivity index (χ0n) is 30.0. The summed E-state index contributed by atoms with van der Waals surface area (Å²) in [4.78, 5) is 10.7. The molecular formula is C41H63N3. The van der Waals surface area contributed by atoms with Gasteiger partial charge in [-0.3, -0.25) is 4.99 Å². The Balaban J connectivity index is 2.12. The molecule has 2 aliphatic carbocycles. The number of hydrogen-bond acceptors (Lipinski definition) is 3. The Bertz CT molecular complexity index is 1260. The largest absolute Gasteiger partial charge is 0.369 e. The first-order valence-electron chi connectivity index (χ1n) is 17.6. The predicted molar refractivity (Wildman–Crippen MR) is 195 cm³/mol. The Labute approximate surface area is 271 Å². The van der Waals surface area contributed by atoms with Crippen LogP contribution in [-0.4, -0.2) is 48.2 Å². The highest BCUT2D eigenvalue weighted by molar-refractivity contribution is 5.98. The molecule has 3 aliphatic rings. The van der Waals surface area contributed by atoms with Gasteiger partial charge < -0.3 is 9.80 Å². The number of allylic oxidation sites excluding steroid dienone is 13. The summed E-state index contributed by atoms with van der Waals surface area (Å²) in [5, 5.41) is 0. The maximum Gasteiger partial charge on any atom is 0.0670 e. The van der Waals surface area contributed by atoms with Crippen molar-refractivity contribution >= 4 is 5.71 Å². The molecule has 0 aromatic carbocycles. The second-order valence-corrected chi connectivity index (χ2v) is 13.6. The van der Waals surface area contributed by atoms with Crippen LogP contribution in [0.1, 0.15) is 108 Å². The molecule has 1 heterocycles. The van der Waals surface area contributed by atoms with Gasteiger partial charge in [-0.1, -0.05) is 77.0 Å². The van der Waals surface area contributed by atoms with Crippen molar-refractivity contribution in [2.45, 2.75) is 108 Å². The summed E-state index contributed by atoms with van der Waals surface area (Å²) < 4.78 is 0. The third kappa shape index (κ3) is 9.43. The lowest BCUT2D eigenvalue weighted by Crippen LogP contribution is -2.45. The van der Waals surface area contributed by atoms with Crippen molar-refractivity contribution in [3.63, 3.8) is 0 Å². The van der Waals surface area contributed by atoms with Gasteiger partial charge in [0.1, 0.15) is 0 Å². The van der Waals surface area contributed by atoms with Gasteiger partial charge in [0.25, 0.3) is 0 Å². The van der Waals surface area contributed by atoms with Crippen LogP contribution in [0.15, 0.2) is 98.4 Å². The van der Waals surface area contributed by atoms with Crippen molar-refractivity contribution in [2.24, 2.45) is 22.7 Å². The second-order valence-electron chi connectivity index (χ2n) is 13.6. The van der Waals surface area contributed by atoms with E-state index in [-0.39, 0.29) is 0 Å². The fraction of sp³-hybridized carbons (Fsp3) is 0.585. The minimum Gasteiger partial charge on any atom is -0.369 e. The minimum atomic E-state index is 0.370. The molecule has 242 valence electrons. The number of hydrogen-bond donors (Lipinski definition) is 0. The van der Waals surface area contributed by atoms with Crippen LogP contribution < -0.4 is 0 Å². The van der Waals surface area contributed by atoms with Crippen LogP contribution in [0.4, 0.5) is 0 Å². The molecule has 1 saturated heterocycles. The van der Waals surface area contributed by atoms with Gasteiger partial charge in [-0.25, -0.2) is 0 Å². The first-order valence-corrected chi connectivity index (χ1v) is 17.6. The topological polar surface area (TPSA) is 18.8 Å². The van der Waals surface area contributed by atoms with Gasteiger partial charge in [-0.2, -0.15) is 0 Å². The molecule has 3 heteroatoms. The SMILES string of the molecule is C=C(C)C1=C(/C=C(/C)C(C)CC)C=C(C(=C/C(C)=C2CCC2)/N=C(/C=C\C(=C/C)N2CCN(CC)CC2)C(C)CC)C(C)C1. The summed E-state index contributed by atoms with van der Waals surface area (Å²) in [5.74, 6) is 1.31. The maximum absolute atomic E-state index is 5.58. The summed E-state index contributed by atoms with van der Waals surface area (Å²) >= 11 is 0. The number of rotatable bonds is 13. The van der Waals surface area contributed by atoms with Crippen LogP contribution in [0.2, 0.25) is 0 Å². The molecule has 3 unspecified atom stereocenters. The van der Waals surface area contributed by atoms with Gasteiger partial charge in [0.05, 0.1) is 5.70 Å². The normalized spacial score (nSPS) is 22.8. The van der Waals surface area contributed by atoms with E-state index in [1.54, 1.807) is 5.57 Å². The lowest BCUT2D eigenvalue weighted by Gasteiger charge is -2.36. The molecule has 3 rings (SSSR count). The van der Waals surface area contributed by atoms with E-state index in [9.17, 15) is 0 Å². The van der Waals surface area contributed by atoms with E-state index in [0.29, 0.717) is 17.8 Å². The summed E-state index contributed by atoms with van der Waals surface area (Å²) in [6.45, 7) is 32.7. The van der Waals surface area contributed by atoms with E-state index in [2.05, 4.69) is 122 Å². The molecule has 0 radical (unpaired) electrons. The molecule has 3 nitrogen and oxygen atoms in total. The maximum atomic E-state index is 5.58. The Morgan fingerprint density at radius 1 is 1.00 bits per heavy atom. The molecule has 0 aromatic heterocycles. The number of aliphatic imine (C=N–C) groups is 1. The average molecular weight is 598 g/mol. The first kappa shape index (κ1) is 35.8. The lowest BCUT2D eigenvalue weighted by atomic mass is 9.79. The zero-order chi connectivity index (χ0) is 32.4. The molecule has 0 spiro atoms. The van der Waals surface area contributed by atoms with Gasteiger partial charge in [0, 0.05) is 37.6 Å². The summed E-state index contributed by atoms with van der Waals surface area (Å²) in [6.07, 6.45) is 21.2. The van der Waals surface area contributed by atoms with Gasteiger partial charge in [0.2, 0.25) is 0 Å². The molecule has 1 saturated carbocycles. The summed E-state index contributed by atoms with van der Waals surface area (Å²) in [5.41, 5.74) is 13.3. The number of piperazine rings is 1. The molecule has 0 bridgehead atoms. The minimum absolute atomic E-state index is 0.370. The third-order valence-corrected chi connectivity index (χ3v) is 10.4. The monoisotopic (exact) mass is 598 g/mol. The standard InChI is InChI=1S/C41H63N3/c1-12-30(7)32(9)25-36-28-39(34(11)26-38(36)29(5)6)41(27-33(10)35-17-16-18-35)42-40(31(8)13-2)20-19-37(14-3)44-23-21-43(15-4)22-24-44/h14,19-20,25,27-28,30-31,34H,5,12-13,15-18,21-24,26H2,1-4,6-11H3/b20-19-,32-25-,37-14+,41-27-,42-40-. The van der Waals surface area contributed by atoms with E-state index >= 15 is 0 Å². The molecule has 2 fully saturated rings. The van der Waals surface area contributed by atoms with Gasteiger partial charge in [0.15, 0.2) is 0 Å². The molecular weight excluding hydrogens is 534 g/mol. The van der Waals surface area contributed by atoms with E-state index in [4.69, 9.17) is 4.99 Å². The van der Waals surface area contributed by atoms with Crippen molar-refractivity contribution in [3.8, 4) is 0 Å². The molecule has 0 amide bonds. The van der Waals surface area contributed by atoms with E-state index in [0.717, 1.165) is 57.7 Å². The fourth-order valence-corrected chi connectivity index (χ4v) is 6.29. The van der Waals surface area contributed by atoms with E-state index in [1.165, 1.54) is 64.1 Å². The van der Waals surface area contributed by atoms with Crippen molar-refractivity contribution in [2.75, 3.05) is 32.7 Å². The highest BCUT2D eigenvalue weighted by Gasteiger charge is 2.24. The smallest absolute Gasteiger partial charge is 0.0670 e. The van der Waals surface area contributed by atoms with E-state index < -0.39 is 0 Å². The van der Waals surface area contributed by atoms with Crippen LogP contribution in [-0.2, 0) is 0 Å². The van der Waals surface area contributed by atoms with Gasteiger partial charge in [-0.15, -0.1) is 0 Å². The van der Waals surface area contributed by atoms with Gasteiger partial charge in [-0.05, 0) is 137 Å². The van der Waals surface area contributed by atoms with Crippen molar-refractivity contribution in [1.29, 1.82) is 0 Å². The lowest BCUT2D eigenvalue weighted by molar-refractivity contribution is 0.168. The molecule has 44 heavy (non-hydrogen) atoms. The highest BCUT2D eigenvalue weighted by Crippen LogP contribution is 2.39. The average Bonchev–Trinajstić information content (AvgIpc) is 2.99. The Kier molecular flexibility index (Phi) is 14.0. The van der Waals surface area contributed by atoms with Crippen LogP contribution in [0, 0.1) is 17.8 Å². The van der Waals surface area contributed by atoms with Crippen LogP contribution in [0.25, 0.3) is 0 Å². The molecule has 1 aliphatic heterocycles. The Morgan fingerprint density at radius 3 is 2.18 bits per heavy atom. The van der Waals surface area contributed by atoms with Gasteiger partial charge >= 0.3 is 0 Å². The molecule has 0 aromatic rings. The number of likely N-dealkylation sites (N-methyl/N-ethyl adjacent to an activating group) is 1. The molecule has 3 atom stereocenters. The first-order chi connectivity index (χ1) is 21.0. The third-order valence-electron chi connectivity index (χ3n) is 10.4. The molecule has 0 N–H and O–H groups in total. The van der Waals surface area contributed by atoms with Crippen molar-refractivity contribution < 1.29 is 0 Å². The Hall–Kier alpha value is -2.65. The van der Waals surface area contributed by atoms with Crippen LogP contribution in [0.5, 0.6) is 0 Å². The van der Waals surface area contributed by atoms with Crippen LogP contribution >= 0.6 is 0 Å². The Morgan fingerprint density at radius 2 is 1.66 bits per heavy atom. The summed E-state index contributed by atoms with van der Waals surface area (Å²) in [7, 11) is 0. The van der Waals surface area contributed by atoms with Crippen LogP contribution in [0.3, 0.4) is 0 Å². The quantitative estimate of drug-likeness (QED) is 0.155. The second kappa shape index (κ2) is 17.2. The fourth-order valence-electron chi connectivity index (χ4n) is 6.29. The zero-order valence-corrected chi connectivity index (χ0v) is 30.0. The van der Waals surface area contributed by atoms with Crippen molar-refractivity contribution in [1.82, 2.24) is 9.80 Å². The van der Waals surface area contributed by atoms with E-state index in [1.807, 2.05) is 0 Å². The predicted octanol–water partition coefficient (Wildman–Crippen LogP) is 10.8. The van der Waals surface area contributed by atoms with Crippen molar-refractivity contribution in [3.05, 3.63) is 93.4 Å². The highest BCUT2D eigenvalue weighted by atomic mass is 15.3.